The lowest BCUT2D eigenvalue weighted by atomic mass is 10.0. The molecule has 0 spiro atoms. The molecule has 1 saturated heterocycles. The standard InChI is InChI=1S/C11H17NO4S2/c1-8-5-10(17-9(8)6-13)18(14,15)12-11(2)3-4-16-7-11/h5,12-13H,3-4,6-7H2,1-2H3. The number of hydrogen-bond acceptors (Lipinski definition) is 5. The predicted octanol–water partition coefficient (Wildman–Crippen LogP) is 1.01. The van der Waals surface area contributed by atoms with Crippen LogP contribution in [-0.4, -0.2) is 32.3 Å². The summed E-state index contributed by atoms with van der Waals surface area (Å²) in [7, 11) is -3.54. The second-order valence-corrected chi connectivity index (χ2v) is 7.84. The smallest absolute Gasteiger partial charge is 0.250 e. The molecule has 1 fully saturated rings. The first-order valence-electron chi connectivity index (χ1n) is 5.68. The summed E-state index contributed by atoms with van der Waals surface area (Å²) in [4.78, 5) is 0.684. The van der Waals surface area contributed by atoms with E-state index < -0.39 is 15.6 Å². The van der Waals surface area contributed by atoms with Gasteiger partial charge in [0.15, 0.2) is 0 Å². The van der Waals surface area contributed by atoms with Crippen molar-refractivity contribution in [3.05, 3.63) is 16.5 Å². The molecule has 1 unspecified atom stereocenters. The van der Waals surface area contributed by atoms with Crippen LogP contribution < -0.4 is 4.72 Å². The van der Waals surface area contributed by atoms with Gasteiger partial charge < -0.3 is 9.84 Å². The highest BCUT2D eigenvalue weighted by molar-refractivity contribution is 7.91. The van der Waals surface area contributed by atoms with Crippen molar-refractivity contribution in [3.8, 4) is 0 Å². The second kappa shape index (κ2) is 4.90. The number of ether oxygens (including phenoxy) is 1. The zero-order valence-corrected chi connectivity index (χ0v) is 12.0. The number of aliphatic hydroxyl groups excluding tert-OH is 1. The van der Waals surface area contributed by atoms with Crippen LogP contribution in [0.5, 0.6) is 0 Å². The molecule has 5 nitrogen and oxygen atoms in total. The summed E-state index contributed by atoms with van der Waals surface area (Å²) >= 11 is 1.11. The zero-order valence-electron chi connectivity index (χ0n) is 10.4. The second-order valence-electron chi connectivity index (χ2n) is 4.80. The molecule has 102 valence electrons. The van der Waals surface area contributed by atoms with Crippen LogP contribution in [0.1, 0.15) is 23.8 Å². The molecule has 0 radical (unpaired) electrons. The van der Waals surface area contributed by atoms with Gasteiger partial charge in [-0.25, -0.2) is 13.1 Å². The SMILES string of the molecule is Cc1cc(S(=O)(=O)NC2(C)CCOC2)sc1CO. The quantitative estimate of drug-likeness (QED) is 0.868. The Morgan fingerprint density at radius 1 is 1.61 bits per heavy atom. The van der Waals surface area contributed by atoms with Crippen molar-refractivity contribution in [1.82, 2.24) is 4.72 Å². The van der Waals surface area contributed by atoms with Gasteiger partial charge in [-0.1, -0.05) is 0 Å². The molecule has 0 saturated carbocycles. The Balaban J connectivity index is 2.24. The fourth-order valence-corrected chi connectivity index (χ4v) is 4.77. The molecule has 2 heterocycles. The summed E-state index contributed by atoms with van der Waals surface area (Å²) in [6.45, 7) is 4.46. The number of thiophene rings is 1. The Morgan fingerprint density at radius 3 is 2.83 bits per heavy atom. The lowest BCUT2D eigenvalue weighted by Gasteiger charge is -2.22. The molecule has 1 aliphatic rings. The maximum absolute atomic E-state index is 12.2. The van der Waals surface area contributed by atoms with Crippen LogP contribution in [0.15, 0.2) is 10.3 Å². The molecule has 1 atom stereocenters. The topological polar surface area (TPSA) is 75.6 Å². The van der Waals surface area contributed by atoms with Crippen LogP contribution in [0.3, 0.4) is 0 Å². The van der Waals surface area contributed by atoms with Crippen molar-refractivity contribution < 1.29 is 18.3 Å². The molecule has 18 heavy (non-hydrogen) atoms. The third kappa shape index (κ3) is 2.75. The third-order valence-corrected chi connectivity index (χ3v) is 6.34. The maximum atomic E-state index is 12.2. The Kier molecular flexibility index (Phi) is 3.80. The number of aryl methyl sites for hydroxylation is 1. The van der Waals surface area contributed by atoms with Crippen LogP contribution in [0.25, 0.3) is 0 Å². The number of nitrogens with one attached hydrogen (secondary N) is 1. The van der Waals surface area contributed by atoms with E-state index in [1.165, 1.54) is 0 Å². The van der Waals surface area contributed by atoms with Crippen LogP contribution in [0, 0.1) is 6.92 Å². The number of rotatable bonds is 4. The number of sulfonamides is 1. The number of hydrogen-bond donors (Lipinski definition) is 2. The van der Waals surface area contributed by atoms with Gasteiger partial charge in [-0.05, 0) is 31.9 Å². The van der Waals surface area contributed by atoms with Gasteiger partial charge in [-0.3, -0.25) is 0 Å². The van der Waals surface area contributed by atoms with Gasteiger partial charge in [-0.2, -0.15) is 0 Å². The molecule has 1 aromatic heterocycles. The molecule has 0 aromatic carbocycles. The van der Waals surface area contributed by atoms with Crippen molar-refractivity contribution >= 4 is 21.4 Å². The largest absolute Gasteiger partial charge is 0.391 e. The lowest BCUT2D eigenvalue weighted by molar-refractivity contribution is 0.178. The summed E-state index contributed by atoms with van der Waals surface area (Å²) in [6, 6.07) is 1.59. The molecule has 0 bridgehead atoms. The van der Waals surface area contributed by atoms with Crippen molar-refractivity contribution in [3.63, 3.8) is 0 Å². The van der Waals surface area contributed by atoms with E-state index in [1.54, 1.807) is 13.0 Å². The van der Waals surface area contributed by atoms with E-state index in [1.807, 2.05) is 6.92 Å². The molecule has 2 rings (SSSR count). The molecular formula is C11H17NO4S2. The fraction of sp³-hybridized carbons (Fsp3) is 0.636. The highest BCUT2D eigenvalue weighted by atomic mass is 32.2. The first kappa shape index (κ1) is 14.0. The molecule has 1 aliphatic heterocycles. The zero-order chi connectivity index (χ0) is 13.4. The molecule has 7 heteroatoms. The van der Waals surface area contributed by atoms with E-state index in [0.29, 0.717) is 24.5 Å². The van der Waals surface area contributed by atoms with Gasteiger partial charge in [0.25, 0.3) is 10.0 Å². The van der Waals surface area contributed by atoms with Crippen LogP contribution in [0.2, 0.25) is 0 Å². The van der Waals surface area contributed by atoms with Crippen molar-refractivity contribution in [1.29, 1.82) is 0 Å². The Bertz CT molecular complexity index is 529. The molecule has 2 N–H and O–H groups in total. The summed E-state index contributed by atoms with van der Waals surface area (Å²) in [5.74, 6) is 0. The first-order valence-corrected chi connectivity index (χ1v) is 7.98. The minimum absolute atomic E-state index is 0.133. The van der Waals surface area contributed by atoms with Crippen LogP contribution >= 0.6 is 11.3 Å². The summed E-state index contributed by atoms with van der Waals surface area (Å²) in [6.07, 6.45) is 0.670. The van der Waals surface area contributed by atoms with Gasteiger partial charge in [0.1, 0.15) is 4.21 Å². The van der Waals surface area contributed by atoms with Gasteiger partial charge >= 0.3 is 0 Å². The Hall–Kier alpha value is -0.470. The van der Waals surface area contributed by atoms with E-state index in [0.717, 1.165) is 16.9 Å². The fourth-order valence-electron chi connectivity index (χ4n) is 1.90. The van der Waals surface area contributed by atoms with Gasteiger partial charge in [0.05, 0.1) is 18.8 Å². The minimum Gasteiger partial charge on any atom is -0.391 e. The average Bonchev–Trinajstić information content (AvgIpc) is 2.84. The van der Waals surface area contributed by atoms with Crippen molar-refractivity contribution in [2.45, 2.75) is 36.6 Å². The maximum Gasteiger partial charge on any atom is 0.250 e. The summed E-state index contributed by atoms with van der Waals surface area (Å²) in [5, 5.41) is 9.11. The van der Waals surface area contributed by atoms with Crippen molar-refractivity contribution in [2.75, 3.05) is 13.2 Å². The predicted molar refractivity (Wildman–Crippen MR) is 69.1 cm³/mol. The molecular weight excluding hydrogens is 274 g/mol. The Morgan fingerprint density at radius 2 is 2.33 bits per heavy atom. The average molecular weight is 291 g/mol. The minimum atomic E-state index is -3.54. The van der Waals surface area contributed by atoms with E-state index in [-0.39, 0.29) is 10.8 Å². The molecule has 0 amide bonds. The van der Waals surface area contributed by atoms with E-state index >= 15 is 0 Å². The monoisotopic (exact) mass is 291 g/mol. The van der Waals surface area contributed by atoms with Crippen LogP contribution in [-0.2, 0) is 21.4 Å². The van der Waals surface area contributed by atoms with E-state index in [2.05, 4.69) is 4.72 Å². The van der Waals surface area contributed by atoms with Gasteiger partial charge in [0, 0.05) is 11.5 Å². The van der Waals surface area contributed by atoms with Gasteiger partial charge in [0.2, 0.25) is 0 Å². The van der Waals surface area contributed by atoms with Gasteiger partial charge in [-0.15, -0.1) is 11.3 Å². The van der Waals surface area contributed by atoms with E-state index in [9.17, 15) is 8.42 Å². The first-order chi connectivity index (χ1) is 8.36. The number of aliphatic hydroxyl groups is 1. The molecule has 1 aromatic rings. The lowest BCUT2D eigenvalue weighted by Crippen LogP contribution is -2.46. The Labute approximate surface area is 111 Å². The summed E-state index contributed by atoms with van der Waals surface area (Å²) < 4.78 is 32.6. The highest BCUT2D eigenvalue weighted by Crippen LogP contribution is 2.28. The summed E-state index contributed by atoms with van der Waals surface area (Å²) in [5.41, 5.74) is 0.270. The molecule has 0 aliphatic carbocycles. The normalized spacial score (nSPS) is 24.6. The third-order valence-electron chi connectivity index (χ3n) is 3.01. The van der Waals surface area contributed by atoms with Crippen molar-refractivity contribution in [2.24, 2.45) is 0 Å². The van der Waals surface area contributed by atoms with E-state index in [4.69, 9.17) is 9.84 Å². The highest BCUT2D eigenvalue weighted by Gasteiger charge is 2.35. The van der Waals surface area contributed by atoms with Crippen LogP contribution in [0.4, 0.5) is 0 Å².